The van der Waals surface area contributed by atoms with Crippen molar-refractivity contribution >= 4 is 5.97 Å². The fraction of sp³-hybridized carbons (Fsp3) is 0.308. The molecule has 3 heteroatoms. The molecule has 1 rings (SSSR count). The summed E-state index contributed by atoms with van der Waals surface area (Å²) in [6.45, 7) is 5.65. The number of hydrogen-bond acceptors (Lipinski definition) is 3. The third kappa shape index (κ3) is 2.86. The molecule has 0 amide bonds. The van der Waals surface area contributed by atoms with E-state index in [9.17, 15) is 9.90 Å². The molecule has 0 bridgehead atoms. The SMILES string of the molecule is C=CCCc1cccc(C(=O)OCC)c1O. The van der Waals surface area contributed by atoms with Gasteiger partial charge in [0.05, 0.1) is 6.61 Å². The second kappa shape index (κ2) is 5.95. The van der Waals surface area contributed by atoms with Crippen LogP contribution in [-0.2, 0) is 11.2 Å². The first kappa shape index (κ1) is 12.3. The second-order valence-electron chi connectivity index (χ2n) is 3.36. The lowest BCUT2D eigenvalue weighted by molar-refractivity contribution is 0.0523. The van der Waals surface area contributed by atoms with Gasteiger partial charge < -0.3 is 9.84 Å². The summed E-state index contributed by atoms with van der Waals surface area (Å²) in [5.41, 5.74) is 0.967. The van der Waals surface area contributed by atoms with Crippen molar-refractivity contribution in [1.29, 1.82) is 0 Å². The summed E-state index contributed by atoms with van der Waals surface area (Å²) in [4.78, 5) is 11.5. The van der Waals surface area contributed by atoms with Crippen LogP contribution in [0.3, 0.4) is 0 Å². The predicted octanol–water partition coefficient (Wildman–Crippen LogP) is 2.69. The Morgan fingerprint density at radius 3 is 2.94 bits per heavy atom. The fourth-order valence-electron chi connectivity index (χ4n) is 1.42. The number of carbonyl (C=O) groups is 1. The Hall–Kier alpha value is -1.77. The van der Waals surface area contributed by atoms with Gasteiger partial charge in [-0.2, -0.15) is 0 Å². The molecule has 0 aliphatic rings. The molecule has 0 saturated carbocycles. The van der Waals surface area contributed by atoms with E-state index in [1.165, 1.54) is 0 Å². The number of hydrogen-bond donors (Lipinski definition) is 1. The van der Waals surface area contributed by atoms with Gasteiger partial charge in [-0.25, -0.2) is 4.79 Å². The maximum Gasteiger partial charge on any atom is 0.341 e. The highest BCUT2D eigenvalue weighted by atomic mass is 16.5. The summed E-state index contributed by atoms with van der Waals surface area (Å²) in [7, 11) is 0. The average molecular weight is 220 g/mol. The van der Waals surface area contributed by atoms with E-state index >= 15 is 0 Å². The Kier molecular flexibility index (Phi) is 4.58. The molecule has 0 aromatic heterocycles. The van der Waals surface area contributed by atoms with Crippen molar-refractivity contribution in [3.8, 4) is 5.75 Å². The van der Waals surface area contributed by atoms with Crippen LogP contribution in [0.4, 0.5) is 0 Å². The zero-order valence-electron chi connectivity index (χ0n) is 9.40. The highest BCUT2D eigenvalue weighted by Crippen LogP contribution is 2.24. The molecule has 0 aliphatic heterocycles. The first-order chi connectivity index (χ1) is 7.70. The number of esters is 1. The van der Waals surface area contributed by atoms with E-state index in [1.54, 1.807) is 31.2 Å². The van der Waals surface area contributed by atoms with E-state index in [2.05, 4.69) is 6.58 Å². The van der Waals surface area contributed by atoms with Gasteiger partial charge in [0.2, 0.25) is 0 Å². The van der Waals surface area contributed by atoms with Gasteiger partial charge in [-0.3, -0.25) is 0 Å². The summed E-state index contributed by atoms with van der Waals surface area (Å²) in [6, 6.07) is 5.09. The lowest BCUT2D eigenvalue weighted by Crippen LogP contribution is -2.05. The van der Waals surface area contributed by atoms with Crippen LogP contribution in [-0.4, -0.2) is 17.7 Å². The molecule has 0 saturated heterocycles. The van der Waals surface area contributed by atoms with Crippen molar-refractivity contribution in [1.82, 2.24) is 0 Å². The third-order valence-electron chi connectivity index (χ3n) is 2.23. The molecule has 0 aliphatic carbocycles. The number of aromatic hydroxyl groups is 1. The molecule has 0 heterocycles. The summed E-state index contributed by atoms with van der Waals surface area (Å²) in [6.07, 6.45) is 3.21. The van der Waals surface area contributed by atoms with Crippen LogP contribution in [0.1, 0.15) is 29.3 Å². The number of ether oxygens (including phenoxy) is 1. The molecule has 0 unspecified atom stereocenters. The van der Waals surface area contributed by atoms with Crippen molar-refractivity contribution in [3.05, 3.63) is 42.0 Å². The lowest BCUT2D eigenvalue weighted by atomic mass is 10.0. The standard InChI is InChI=1S/C13H16O3/c1-3-5-7-10-8-6-9-11(12(10)14)13(15)16-4-2/h3,6,8-9,14H,1,4-5,7H2,2H3. The zero-order valence-corrected chi connectivity index (χ0v) is 9.40. The Morgan fingerprint density at radius 1 is 1.56 bits per heavy atom. The van der Waals surface area contributed by atoms with Gasteiger partial charge in [-0.05, 0) is 31.4 Å². The summed E-state index contributed by atoms with van der Waals surface area (Å²) in [5, 5.41) is 9.88. The van der Waals surface area contributed by atoms with E-state index in [4.69, 9.17) is 4.74 Å². The quantitative estimate of drug-likeness (QED) is 0.613. The first-order valence-electron chi connectivity index (χ1n) is 5.29. The summed E-state index contributed by atoms with van der Waals surface area (Å²) < 4.78 is 4.85. The molecular weight excluding hydrogens is 204 g/mol. The van der Waals surface area contributed by atoms with E-state index < -0.39 is 5.97 Å². The fourth-order valence-corrected chi connectivity index (χ4v) is 1.42. The van der Waals surface area contributed by atoms with Gasteiger partial charge in [0.25, 0.3) is 0 Å². The molecule has 1 aromatic rings. The second-order valence-corrected chi connectivity index (χ2v) is 3.36. The van der Waals surface area contributed by atoms with Gasteiger partial charge in [-0.1, -0.05) is 18.2 Å². The van der Waals surface area contributed by atoms with Crippen molar-refractivity contribution in [2.75, 3.05) is 6.61 Å². The minimum Gasteiger partial charge on any atom is -0.507 e. The molecule has 0 radical (unpaired) electrons. The smallest absolute Gasteiger partial charge is 0.341 e. The Balaban J connectivity index is 2.93. The van der Waals surface area contributed by atoms with E-state index in [1.807, 2.05) is 0 Å². The number of para-hydroxylation sites is 1. The molecule has 86 valence electrons. The zero-order chi connectivity index (χ0) is 12.0. The minimum atomic E-state index is -0.486. The van der Waals surface area contributed by atoms with E-state index in [0.717, 1.165) is 12.0 Å². The molecule has 1 N–H and O–H groups in total. The monoisotopic (exact) mass is 220 g/mol. The van der Waals surface area contributed by atoms with Crippen molar-refractivity contribution < 1.29 is 14.6 Å². The molecular formula is C13H16O3. The van der Waals surface area contributed by atoms with E-state index in [0.29, 0.717) is 13.0 Å². The topological polar surface area (TPSA) is 46.5 Å². The molecule has 0 atom stereocenters. The third-order valence-corrected chi connectivity index (χ3v) is 2.23. The lowest BCUT2D eigenvalue weighted by Gasteiger charge is -2.08. The number of carbonyl (C=O) groups excluding carboxylic acids is 1. The largest absolute Gasteiger partial charge is 0.507 e. The number of allylic oxidation sites excluding steroid dienone is 1. The van der Waals surface area contributed by atoms with Gasteiger partial charge in [0, 0.05) is 0 Å². The number of phenolic OH excluding ortho intramolecular Hbond substituents is 1. The predicted molar refractivity (Wildman–Crippen MR) is 62.6 cm³/mol. The molecule has 0 spiro atoms. The average Bonchev–Trinajstić information content (AvgIpc) is 2.28. The molecule has 0 fully saturated rings. The van der Waals surface area contributed by atoms with Crippen LogP contribution in [0.25, 0.3) is 0 Å². The Labute approximate surface area is 95.4 Å². The highest BCUT2D eigenvalue weighted by molar-refractivity contribution is 5.92. The van der Waals surface area contributed by atoms with Gasteiger partial charge in [0.1, 0.15) is 11.3 Å². The van der Waals surface area contributed by atoms with Crippen LogP contribution in [0.15, 0.2) is 30.9 Å². The highest BCUT2D eigenvalue weighted by Gasteiger charge is 2.14. The van der Waals surface area contributed by atoms with E-state index in [-0.39, 0.29) is 11.3 Å². The maximum atomic E-state index is 11.5. The van der Waals surface area contributed by atoms with Crippen LogP contribution >= 0.6 is 0 Å². The normalized spacial score (nSPS) is 9.81. The van der Waals surface area contributed by atoms with Crippen molar-refractivity contribution in [3.63, 3.8) is 0 Å². The molecule has 3 nitrogen and oxygen atoms in total. The van der Waals surface area contributed by atoms with Gasteiger partial charge in [-0.15, -0.1) is 6.58 Å². The van der Waals surface area contributed by atoms with Crippen LogP contribution in [0.5, 0.6) is 5.75 Å². The number of rotatable bonds is 5. The number of aryl methyl sites for hydroxylation is 1. The summed E-state index contributed by atoms with van der Waals surface area (Å²) in [5.74, 6) is -0.469. The van der Waals surface area contributed by atoms with Crippen molar-refractivity contribution in [2.24, 2.45) is 0 Å². The van der Waals surface area contributed by atoms with Crippen LogP contribution in [0, 0.1) is 0 Å². The molecule has 16 heavy (non-hydrogen) atoms. The Morgan fingerprint density at radius 2 is 2.31 bits per heavy atom. The number of phenols is 1. The van der Waals surface area contributed by atoms with Crippen LogP contribution < -0.4 is 0 Å². The summed E-state index contributed by atoms with van der Waals surface area (Å²) >= 11 is 0. The van der Waals surface area contributed by atoms with Gasteiger partial charge >= 0.3 is 5.97 Å². The van der Waals surface area contributed by atoms with Gasteiger partial charge in [0.15, 0.2) is 0 Å². The molecule has 1 aromatic carbocycles. The Bertz CT molecular complexity index is 383. The maximum absolute atomic E-state index is 11.5. The van der Waals surface area contributed by atoms with Crippen LogP contribution in [0.2, 0.25) is 0 Å². The van der Waals surface area contributed by atoms with Crippen molar-refractivity contribution in [2.45, 2.75) is 19.8 Å². The number of benzene rings is 1. The first-order valence-corrected chi connectivity index (χ1v) is 5.29. The minimum absolute atomic E-state index is 0.0165.